The summed E-state index contributed by atoms with van der Waals surface area (Å²) in [5.41, 5.74) is 4.10. The third-order valence-corrected chi connectivity index (χ3v) is 3.46. The molecule has 0 aliphatic carbocycles. The second kappa shape index (κ2) is 4.88. The number of rotatable bonds is 3. The second-order valence-corrected chi connectivity index (χ2v) is 4.98. The number of fused-ring (bicyclic) bond motifs is 1. The lowest BCUT2D eigenvalue weighted by molar-refractivity contribution is 0.0990. The number of Topliss-reactive ketones (excluding diaryl/α,β-unsaturated/α-hetero) is 1. The molecule has 0 N–H and O–H groups in total. The van der Waals surface area contributed by atoms with Crippen LogP contribution < -0.4 is 4.74 Å². The average molecular weight is 252 g/mol. The first kappa shape index (κ1) is 12.0. The Bertz CT molecular complexity index is 629. The quantitative estimate of drug-likeness (QED) is 0.783. The number of benzene rings is 2. The Labute approximate surface area is 113 Å². The molecule has 19 heavy (non-hydrogen) atoms. The number of para-hydroxylation sites is 1. The molecule has 2 aromatic carbocycles. The van der Waals surface area contributed by atoms with Crippen molar-refractivity contribution in [1.29, 1.82) is 0 Å². The fourth-order valence-electron chi connectivity index (χ4n) is 2.54. The molecule has 0 fully saturated rings. The van der Waals surface area contributed by atoms with Crippen molar-refractivity contribution in [3.05, 3.63) is 64.7 Å². The molecule has 2 nitrogen and oxygen atoms in total. The fraction of sp³-hybridized carbons (Fsp3) is 0.235. The van der Waals surface area contributed by atoms with E-state index in [-0.39, 0.29) is 5.78 Å². The number of hydrogen-bond donors (Lipinski definition) is 0. The Hall–Kier alpha value is -2.09. The zero-order valence-electron chi connectivity index (χ0n) is 11.0. The summed E-state index contributed by atoms with van der Waals surface area (Å²) in [6.45, 7) is 2.72. The van der Waals surface area contributed by atoms with E-state index in [2.05, 4.69) is 6.07 Å². The lowest BCUT2D eigenvalue weighted by atomic mass is 9.99. The van der Waals surface area contributed by atoms with Gasteiger partial charge in [-0.1, -0.05) is 42.0 Å². The summed E-state index contributed by atoms with van der Waals surface area (Å²) in [7, 11) is 0. The molecule has 1 heterocycles. The molecule has 1 aliphatic rings. The molecule has 2 aromatic rings. The van der Waals surface area contributed by atoms with E-state index in [0.717, 1.165) is 28.9 Å². The van der Waals surface area contributed by atoms with E-state index in [1.807, 2.05) is 43.3 Å². The summed E-state index contributed by atoms with van der Waals surface area (Å²) >= 11 is 0. The minimum atomic E-state index is 0.129. The lowest BCUT2D eigenvalue weighted by Crippen LogP contribution is -2.05. The lowest BCUT2D eigenvalue weighted by Gasteiger charge is -2.07. The first-order chi connectivity index (χ1) is 9.24. The van der Waals surface area contributed by atoms with Gasteiger partial charge in [-0.2, -0.15) is 0 Å². The Balaban J connectivity index is 1.87. The van der Waals surface area contributed by atoms with Crippen molar-refractivity contribution in [2.75, 3.05) is 6.61 Å². The summed E-state index contributed by atoms with van der Waals surface area (Å²) < 4.78 is 5.59. The van der Waals surface area contributed by atoms with Gasteiger partial charge in [0.2, 0.25) is 0 Å². The Kier molecular flexibility index (Phi) is 3.08. The number of hydrogen-bond acceptors (Lipinski definition) is 2. The standard InChI is InChI=1S/C17H16O2/c1-12-4-2-5-13(10-12)11-16(18)15-7-3-6-14-8-9-19-17(14)15/h2-7,10H,8-9,11H2,1H3. The van der Waals surface area contributed by atoms with Crippen molar-refractivity contribution in [2.24, 2.45) is 0 Å². The molecule has 0 unspecified atom stereocenters. The van der Waals surface area contributed by atoms with Crippen molar-refractivity contribution in [1.82, 2.24) is 0 Å². The van der Waals surface area contributed by atoms with Crippen LogP contribution in [-0.2, 0) is 12.8 Å². The van der Waals surface area contributed by atoms with Gasteiger partial charge in [-0.05, 0) is 24.1 Å². The van der Waals surface area contributed by atoms with Gasteiger partial charge in [0, 0.05) is 12.8 Å². The molecule has 0 spiro atoms. The maximum Gasteiger partial charge on any atom is 0.170 e. The maximum absolute atomic E-state index is 12.4. The van der Waals surface area contributed by atoms with Crippen LogP contribution >= 0.6 is 0 Å². The molecule has 1 aliphatic heterocycles. The number of carbonyl (C=O) groups excluding carboxylic acids is 1. The van der Waals surface area contributed by atoms with Gasteiger partial charge < -0.3 is 4.74 Å². The average Bonchev–Trinajstić information content (AvgIpc) is 2.86. The van der Waals surface area contributed by atoms with E-state index in [9.17, 15) is 4.79 Å². The van der Waals surface area contributed by atoms with E-state index in [1.54, 1.807) is 0 Å². The summed E-state index contributed by atoms with van der Waals surface area (Å²) in [5.74, 6) is 0.921. The van der Waals surface area contributed by atoms with Gasteiger partial charge in [0.25, 0.3) is 0 Å². The fourth-order valence-corrected chi connectivity index (χ4v) is 2.54. The van der Waals surface area contributed by atoms with E-state index in [1.165, 1.54) is 5.56 Å². The third-order valence-electron chi connectivity index (χ3n) is 3.46. The summed E-state index contributed by atoms with van der Waals surface area (Å²) in [4.78, 5) is 12.4. The molecule has 0 saturated carbocycles. The van der Waals surface area contributed by atoms with Gasteiger partial charge in [0.1, 0.15) is 5.75 Å². The molecule has 3 rings (SSSR count). The van der Waals surface area contributed by atoms with Crippen molar-refractivity contribution in [3.63, 3.8) is 0 Å². The Morgan fingerprint density at radius 1 is 1.21 bits per heavy atom. The summed E-state index contributed by atoms with van der Waals surface area (Å²) in [6.07, 6.45) is 1.34. The van der Waals surface area contributed by atoms with Gasteiger partial charge in [0.15, 0.2) is 5.78 Å². The molecule has 96 valence electrons. The zero-order chi connectivity index (χ0) is 13.2. The molecular formula is C17H16O2. The SMILES string of the molecule is Cc1cccc(CC(=O)c2cccc3c2OCC3)c1. The minimum absolute atomic E-state index is 0.129. The molecule has 0 saturated heterocycles. The van der Waals surface area contributed by atoms with Gasteiger partial charge in [-0.15, -0.1) is 0 Å². The predicted molar refractivity (Wildman–Crippen MR) is 74.9 cm³/mol. The van der Waals surface area contributed by atoms with Crippen molar-refractivity contribution >= 4 is 5.78 Å². The van der Waals surface area contributed by atoms with Crippen LogP contribution in [0.3, 0.4) is 0 Å². The highest BCUT2D eigenvalue weighted by molar-refractivity contribution is 6.00. The van der Waals surface area contributed by atoms with Gasteiger partial charge in [0.05, 0.1) is 12.2 Å². The highest BCUT2D eigenvalue weighted by atomic mass is 16.5. The summed E-state index contributed by atoms with van der Waals surface area (Å²) in [6, 6.07) is 13.9. The molecule has 0 bridgehead atoms. The van der Waals surface area contributed by atoms with Crippen LogP contribution in [0.5, 0.6) is 5.75 Å². The monoisotopic (exact) mass is 252 g/mol. The number of carbonyl (C=O) groups is 1. The predicted octanol–water partition coefficient (Wildman–Crippen LogP) is 3.36. The number of ether oxygens (including phenoxy) is 1. The van der Waals surface area contributed by atoms with Crippen molar-refractivity contribution in [2.45, 2.75) is 19.8 Å². The minimum Gasteiger partial charge on any atom is -0.492 e. The van der Waals surface area contributed by atoms with Crippen molar-refractivity contribution in [3.8, 4) is 5.75 Å². The number of ketones is 1. The first-order valence-corrected chi connectivity index (χ1v) is 6.57. The largest absolute Gasteiger partial charge is 0.492 e. The first-order valence-electron chi connectivity index (χ1n) is 6.57. The highest BCUT2D eigenvalue weighted by Gasteiger charge is 2.20. The van der Waals surface area contributed by atoms with Crippen LogP contribution in [0, 0.1) is 6.92 Å². The Morgan fingerprint density at radius 2 is 2.05 bits per heavy atom. The zero-order valence-corrected chi connectivity index (χ0v) is 11.0. The van der Waals surface area contributed by atoms with Crippen LogP contribution in [0.4, 0.5) is 0 Å². The summed E-state index contributed by atoms with van der Waals surface area (Å²) in [5, 5.41) is 0. The maximum atomic E-state index is 12.4. The normalized spacial score (nSPS) is 12.9. The molecule has 0 radical (unpaired) electrons. The molecular weight excluding hydrogens is 236 g/mol. The van der Waals surface area contributed by atoms with Gasteiger partial charge in [-0.3, -0.25) is 4.79 Å². The molecule has 2 heteroatoms. The highest BCUT2D eigenvalue weighted by Crippen LogP contribution is 2.30. The third kappa shape index (κ3) is 2.39. The van der Waals surface area contributed by atoms with Crippen LogP contribution in [0.15, 0.2) is 42.5 Å². The topological polar surface area (TPSA) is 26.3 Å². The molecule has 0 amide bonds. The molecule has 0 aromatic heterocycles. The van der Waals surface area contributed by atoms with Crippen LogP contribution in [0.2, 0.25) is 0 Å². The van der Waals surface area contributed by atoms with Gasteiger partial charge >= 0.3 is 0 Å². The molecule has 0 atom stereocenters. The van der Waals surface area contributed by atoms with E-state index >= 15 is 0 Å². The van der Waals surface area contributed by atoms with Crippen LogP contribution in [-0.4, -0.2) is 12.4 Å². The van der Waals surface area contributed by atoms with E-state index < -0.39 is 0 Å². The Morgan fingerprint density at radius 3 is 2.89 bits per heavy atom. The number of aryl methyl sites for hydroxylation is 1. The van der Waals surface area contributed by atoms with Crippen LogP contribution in [0.25, 0.3) is 0 Å². The second-order valence-electron chi connectivity index (χ2n) is 4.98. The van der Waals surface area contributed by atoms with E-state index in [0.29, 0.717) is 13.0 Å². The van der Waals surface area contributed by atoms with Crippen LogP contribution in [0.1, 0.15) is 27.0 Å². The smallest absolute Gasteiger partial charge is 0.170 e. The van der Waals surface area contributed by atoms with E-state index in [4.69, 9.17) is 4.74 Å². The van der Waals surface area contributed by atoms with Crippen molar-refractivity contribution < 1.29 is 9.53 Å². The van der Waals surface area contributed by atoms with Gasteiger partial charge in [-0.25, -0.2) is 0 Å².